The number of hydrogen-bond acceptors (Lipinski definition) is 6. The Morgan fingerprint density at radius 2 is 1.86 bits per heavy atom. The molecule has 44 heavy (non-hydrogen) atoms. The van der Waals surface area contributed by atoms with Crippen LogP contribution in [0.25, 0.3) is 33.1 Å². The Bertz CT molecular complexity index is 1970. The van der Waals surface area contributed by atoms with Crippen LogP contribution in [0, 0.1) is 6.92 Å². The Labute approximate surface area is 260 Å². The zero-order chi connectivity index (χ0) is 30.7. The molecule has 4 aromatic heterocycles. The van der Waals surface area contributed by atoms with E-state index in [2.05, 4.69) is 23.4 Å². The van der Waals surface area contributed by atoms with E-state index in [4.69, 9.17) is 21.7 Å². The molecular weight excluding hydrogens is 578 g/mol. The van der Waals surface area contributed by atoms with Gasteiger partial charge >= 0.3 is 6.03 Å². The first-order chi connectivity index (χ1) is 21.2. The molecule has 0 bridgehead atoms. The Balaban J connectivity index is 1.21. The maximum absolute atomic E-state index is 13.7. The van der Waals surface area contributed by atoms with Crippen molar-refractivity contribution in [3.8, 4) is 11.3 Å². The molecule has 6 heterocycles. The number of piperidine rings is 1. The maximum Gasteiger partial charge on any atom is 0.319 e. The van der Waals surface area contributed by atoms with Crippen molar-refractivity contribution in [1.29, 1.82) is 0 Å². The number of likely N-dealkylation sites (tertiary alicyclic amines) is 1. The molecule has 1 unspecified atom stereocenters. The van der Waals surface area contributed by atoms with E-state index in [1.54, 1.807) is 25.1 Å². The van der Waals surface area contributed by atoms with E-state index in [0.717, 1.165) is 70.0 Å². The van der Waals surface area contributed by atoms with Crippen LogP contribution in [0.5, 0.6) is 0 Å². The van der Waals surface area contributed by atoms with E-state index in [0.29, 0.717) is 30.5 Å². The maximum atomic E-state index is 13.7. The minimum Gasteiger partial charge on any atom is -0.377 e. The van der Waals surface area contributed by atoms with Crippen molar-refractivity contribution in [1.82, 2.24) is 38.9 Å². The predicted octanol–water partition coefficient (Wildman–Crippen LogP) is 5.47. The van der Waals surface area contributed by atoms with Crippen LogP contribution in [-0.2, 0) is 13.1 Å². The highest BCUT2D eigenvalue weighted by Crippen LogP contribution is 2.36. The van der Waals surface area contributed by atoms with E-state index in [9.17, 15) is 9.59 Å². The van der Waals surface area contributed by atoms with E-state index < -0.39 is 0 Å². The summed E-state index contributed by atoms with van der Waals surface area (Å²) in [6, 6.07) is 7.96. The van der Waals surface area contributed by atoms with Gasteiger partial charge in [0.25, 0.3) is 5.56 Å². The van der Waals surface area contributed by atoms with Crippen LogP contribution in [0.1, 0.15) is 49.4 Å². The first kappa shape index (κ1) is 28.4. The molecule has 1 N–H and O–H groups in total. The number of aromatic nitrogens is 6. The van der Waals surface area contributed by atoms with Gasteiger partial charge in [0.1, 0.15) is 10.8 Å². The van der Waals surface area contributed by atoms with E-state index in [1.165, 1.54) is 0 Å². The number of anilines is 1. The minimum atomic E-state index is -0.155. The van der Waals surface area contributed by atoms with Gasteiger partial charge in [-0.25, -0.2) is 14.5 Å². The lowest BCUT2D eigenvalue weighted by Crippen LogP contribution is -2.44. The smallest absolute Gasteiger partial charge is 0.319 e. The molecule has 2 aliphatic heterocycles. The van der Waals surface area contributed by atoms with E-state index >= 15 is 0 Å². The van der Waals surface area contributed by atoms with Gasteiger partial charge in [-0.2, -0.15) is 10.2 Å². The van der Waals surface area contributed by atoms with Crippen LogP contribution in [0.3, 0.4) is 0 Å². The summed E-state index contributed by atoms with van der Waals surface area (Å²) in [6.45, 7) is 7.03. The number of hydrogen-bond donors (Lipinski definition) is 1. The summed E-state index contributed by atoms with van der Waals surface area (Å²) in [7, 11) is 3.56. The fourth-order valence-corrected chi connectivity index (χ4v) is 6.95. The summed E-state index contributed by atoms with van der Waals surface area (Å²) in [5.41, 5.74) is 5.38. The topological polar surface area (TPSA) is 106 Å². The number of carbonyl (C=O) groups excluding carboxylic acids is 1. The third-order valence-electron chi connectivity index (χ3n) is 8.94. The van der Waals surface area contributed by atoms with Gasteiger partial charge in [0.2, 0.25) is 0 Å². The third kappa shape index (κ3) is 4.79. The number of pyridine rings is 2. The summed E-state index contributed by atoms with van der Waals surface area (Å²) in [4.78, 5) is 34.3. The Morgan fingerprint density at radius 3 is 2.64 bits per heavy atom. The van der Waals surface area contributed by atoms with Crippen molar-refractivity contribution < 1.29 is 4.79 Å². The molecule has 0 saturated carbocycles. The number of rotatable bonds is 5. The van der Waals surface area contributed by atoms with E-state index in [-0.39, 0.29) is 23.7 Å². The fraction of sp³-hybridized carbons (Fsp3) is 0.406. The van der Waals surface area contributed by atoms with Gasteiger partial charge in [-0.05, 0) is 62.4 Å². The molecule has 12 heteroatoms. The van der Waals surface area contributed by atoms with Gasteiger partial charge in [-0.1, -0.05) is 17.7 Å². The molecule has 0 aliphatic carbocycles. The van der Waals surface area contributed by atoms with Crippen molar-refractivity contribution in [3.63, 3.8) is 0 Å². The molecule has 2 amide bonds. The SMILES string of the molecule is Cc1cc(C(C)Nc2ccc(Cl)nc2-c2cnn(C3CCN(C(=O)N(C)C)CC3)c2)c2c(c1)c(=O)n1c3c2cnn3CCC1. The second-order valence-corrected chi connectivity index (χ2v) is 12.6. The lowest BCUT2D eigenvalue weighted by Gasteiger charge is -2.33. The molecule has 1 fully saturated rings. The Morgan fingerprint density at radius 1 is 1.07 bits per heavy atom. The second-order valence-electron chi connectivity index (χ2n) is 12.2. The highest BCUT2D eigenvalue weighted by molar-refractivity contribution is 6.29. The highest BCUT2D eigenvalue weighted by atomic mass is 35.5. The average molecular weight is 614 g/mol. The average Bonchev–Trinajstić information content (AvgIpc) is 3.68. The van der Waals surface area contributed by atoms with Gasteiger partial charge < -0.3 is 15.1 Å². The summed E-state index contributed by atoms with van der Waals surface area (Å²) >= 11 is 6.41. The van der Waals surface area contributed by atoms with Crippen molar-refractivity contribution >= 4 is 45.1 Å². The molecular formula is C32H36ClN9O2. The number of nitrogens with zero attached hydrogens (tertiary/aromatic N) is 8. The van der Waals surface area contributed by atoms with Crippen molar-refractivity contribution in [3.05, 3.63) is 69.5 Å². The van der Waals surface area contributed by atoms with Crippen molar-refractivity contribution in [2.24, 2.45) is 0 Å². The molecule has 7 rings (SSSR count). The summed E-state index contributed by atoms with van der Waals surface area (Å²) in [5.74, 6) is 0. The standard InChI is InChI=1S/C32H36ClN9O2/c1-19-14-23(28-24(15-19)31(43)40-10-5-11-41-30(40)25(28)17-35-41)20(2)36-26-6-7-27(33)37-29(26)21-16-34-42(18-21)22-8-12-39(13-9-22)32(44)38(3)4/h6-7,14-18,20,22,36H,5,8-13H2,1-4H3. The number of nitrogens with one attached hydrogen (secondary N) is 1. The number of aryl methyl sites for hydroxylation is 3. The van der Waals surface area contributed by atoms with Crippen LogP contribution in [0.2, 0.25) is 5.15 Å². The lowest BCUT2D eigenvalue weighted by atomic mass is 9.95. The lowest BCUT2D eigenvalue weighted by molar-refractivity contribution is 0.146. The molecule has 11 nitrogen and oxygen atoms in total. The highest BCUT2D eigenvalue weighted by Gasteiger charge is 2.26. The zero-order valence-electron chi connectivity index (χ0n) is 25.4. The third-order valence-corrected chi connectivity index (χ3v) is 9.15. The summed E-state index contributed by atoms with van der Waals surface area (Å²) in [6.07, 6.45) is 8.30. The van der Waals surface area contributed by atoms with Crippen LogP contribution in [-0.4, -0.2) is 72.1 Å². The Kier molecular flexibility index (Phi) is 7.07. The van der Waals surface area contributed by atoms with Crippen LogP contribution in [0.4, 0.5) is 10.5 Å². The number of carbonyl (C=O) groups is 1. The van der Waals surface area contributed by atoms with Crippen LogP contribution >= 0.6 is 11.6 Å². The number of benzene rings is 1. The minimum absolute atomic E-state index is 0.0317. The Hall–Kier alpha value is -4.38. The quantitative estimate of drug-likeness (QED) is 0.264. The molecule has 0 radical (unpaired) electrons. The van der Waals surface area contributed by atoms with Crippen LogP contribution < -0.4 is 10.9 Å². The van der Waals surface area contributed by atoms with Gasteiger partial charge in [-0.3, -0.25) is 14.0 Å². The molecule has 2 aliphatic rings. The molecule has 228 valence electrons. The summed E-state index contributed by atoms with van der Waals surface area (Å²) in [5, 5.41) is 16.1. The van der Waals surface area contributed by atoms with Crippen molar-refractivity contribution in [2.75, 3.05) is 32.5 Å². The molecule has 5 aromatic rings. The van der Waals surface area contributed by atoms with Gasteiger partial charge in [-0.15, -0.1) is 0 Å². The molecule has 0 spiro atoms. The monoisotopic (exact) mass is 613 g/mol. The molecule has 1 atom stereocenters. The first-order valence-corrected chi connectivity index (χ1v) is 15.5. The van der Waals surface area contributed by atoms with Crippen molar-refractivity contribution in [2.45, 2.75) is 58.3 Å². The summed E-state index contributed by atoms with van der Waals surface area (Å²) < 4.78 is 5.81. The van der Waals surface area contributed by atoms with Gasteiger partial charge in [0, 0.05) is 74.2 Å². The van der Waals surface area contributed by atoms with Crippen LogP contribution in [0.15, 0.2) is 47.7 Å². The number of fused-ring (bicyclic) bond motifs is 2. The number of urea groups is 1. The first-order valence-electron chi connectivity index (χ1n) is 15.2. The number of amides is 2. The zero-order valence-corrected chi connectivity index (χ0v) is 26.2. The number of halogens is 1. The molecule has 1 aromatic carbocycles. The molecule has 1 saturated heterocycles. The second kappa shape index (κ2) is 11.0. The fourth-order valence-electron chi connectivity index (χ4n) is 6.80. The largest absolute Gasteiger partial charge is 0.377 e. The van der Waals surface area contributed by atoms with Gasteiger partial charge in [0.05, 0.1) is 29.8 Å². The van der Waals surface area contributed by atoms with Gasteiger partial charge in [0.15, 0.2) is 0 Å². The van der Waals surface area contributed by atoms with E-state index in [1.807, 2.05) is 56.5 Å². The normalized spacial score (nSPS) is 16.1. The predicted molar refractivity (Wildman–Crippen MR) is 172 cm³/mol.